The molecule has 4 saturated carbocycles. The second kappa shape index (κ2) is 14.2. The van der Waals surface area contributed by atoms with Gasteiger partial charge in [0.2, 0.25) is 17.6 Å². The first kappa shape index (κ1) is 39.0. The summed E-state index contributed by atoms with van der Waals surface area (Å²) in [5.74, 6) is -2.32. The van der Waals surface area contributed by atoms with E-state index >= 15 is 0 Å². The smallest absolute Gasteiger partial charge is 0.315 e. The number of fused-ring (bicyclic) bond motifs is 1. The van der Waals surface area contributed by atoms with Crippen LogP contribution in [0.25, 0.3) is 0 Å². The summed E-state index contributed by atoms with van der Waals surface area (Å²) in [6.07, 6.45) is 12.2. The molecule has 52 heavy (non-hydrogen) atoms. The first-order chi connectivity index (χ1) is 24.3. The lowest BCUT2D eigenvalue weighted by Gasteiger charge is -2.45. The fourth-order valence-electron chi connectivity index (χ4n) is 11.4. The van der Waals surface area contributed by atoms with Crippen molar-refractivity contribution in [2.75, 3.05) is 26.2 Å². The number of rotatable bonds is 11. The third-order valence-corrected chi connectivity index (χ3v) is 14.7. The summed E-state index contributed by atoms with van der Waals surface area (Å²) < 4.78 is 5.98. The highest BCUT2D eigenvalue weighted by Crippen LogP contribution is 2.88. The van der Waals surface area contributed by atoms with E-state index in [0.29, 0.717) is 19.4 Å². The molecule has 6 rings (SSSR count). The Kier molecular flexibility index (Phi) is 10.6. The summed E-state index contributed by atoms with van der Waals surface area (Å²) in [7, 11) is 0. The molecule has 12 heteroatoms. The summed E-state index contributed by atoms with van der Waals surface area (Å²) >= 11 is 0. The number of carbonyl (C=O) groups excluding carboxylic acids is 5. The number of carbonyl (C=O) groups is 5. The van der Waals surface area contributed by atoms with Crippen LogP contribution < -0.4 is 21.7 Å². The first-order valence-corrected chi connectivity index (χ1v) is 20.2. The van der Waals surface area contributed by atoms with Crippen molar-refractivity contribution in [2.45, 2.75) is 168 Å². The summed E-state index contributed by atoms with van der Waals surface area (Å²) in [5.41, 5.74) is 4.12. The molecule has 5 N–H and O–H groups in total. The molecule has 6 atom stereocenters. The normalized spacial score (nSPS) is 31.9. The van der Waals surface area contributed by atoms with Gasteiger partial charge in [-0.3, -0.25) is 24.1 Å². The van der Waals surface area contributed by atoms with Gasteiger partial charge in [-0.2, -0.15) is 0 Å². The second-order valence-corrected chi connectivity index (χ2v) is 19.3. The third-order valence-electron chi connectivity index (χ3n) is 14.7. The molecule has 5 amide bonds. The predicted molar refractivity (Wildman–Crippen MR) is 198 cm³/mol. The Bertz CT molecular complexity index is 1400. The van der Waals surface area contributed by atoms with Crippen molar-refractivity contribution < 1.29 is 28.7 Å². The average Bonchev–Trinajstić information content (AvgIpc) is 3.22. The van der Waals surface area contributed by atoms with Crippen molar-refractivity contribution in [2.24, 2.45) is 33.3 Å². The molecular weight excluding hydrogens is 660 g/mol. The lowest BCUT2D eigenvalue weighted by atomic mass is 9.73. The predicted octanol–water partition coefficient (Wildman–Crippen LogP) is 4.04. The zero-order chi connectivity index (χ0) is 37.9. The summed E-state index contributed by atoms with van der Waals surface area (Å²) in [5, 5.41) is 9.41. The van der Waals surface area contributed by atoms with Crippen LogP contribution in [-0.4, -0.2) is 101 Å². The molecule has 2 aliphatic heterocycles. The molecule has 4 aliphatic carbocycles. The van der Waals surface area contributed by atoms with Crippen LogP contribution in [0, 0.1) is 27.6 Å². The number of Topliss-reactive ketones (excluding diaryl/α,β-unsaturated/α-hetero) is 1. The minimum Gasteiger partial charge on any atom is -0.373 e. The van der Waals surface area contributed by atoms with Crippen molar-refractivity contribution >= 4 is 29.5 Å². The van der Waals surface area contributed by atoms with Gasteiger partial charge in [0.15, 0.2) is 0 Å². The van der Waals surface area contributed by atoms with E-state index in [-0.39, 0.29) is 46.3 Å². The van der Waals surface area contributed by atoms with Gasteiger partial charge in [-0.25, -0.2) is 4.79 Å². The van der Waals surface area contributed by atoms with Gasteiger partial charge in [0.25, 0.3) is 5.91 Å². The largest absolute Gasteiger partial charge is 0.373 e. The van der Waals surface area contributed by atoms with Crippen molar-refractivity contribution in [3.8, 4) is 0 Å². The molecule has 6 fully saturated rings. The van der Waals surface area contributed by atoms with E-state index in [1.165, 1.54) is 0 Å². The molecule has 2 spiro atoms. The zero-order valence-corrected chi connectivity index (χ0v) is 32.9. The number of hydrogen-bond acceptors (Lipinski definition) is 7. The molecule has 2 saturated heterocycles. The standard InChI is InChI=1S/C40H66N6O6/c1-25-21-45(22-26(2)52-25)23-38(15-9-8-10-16-38)44-35(51)43-31(36(3,4)5)34(50)46-24-40(37(6,7)39(40)17-12-18-39)20-29(46)33(49)42-28(30(47)32(41)48)19-27-13-11-14-27/h25-29,31H,8-24H2,1-7H3,(H2,41,48)(H,42,49)(H2,43,44,51)/t25-,26-,28?,29-,31+,40+/m0/s1. The van der Waals surface area contributed by atoms with Crippen molar-refractivity contribution in [1.29, 1.82) is 0 Å². The monoisotopic (exact) mass is 727 g/mol. The molecular formula is C40H66N6O6. The quantitative estimate of drug-likeness (QED) is 0.234. The number of urea groups is 1. The Balaban J connectivity index is 1.23. The van der Waals surface area contributed by atoms with Gasteiger partial charge < -0.3 is 31.3 Å². The van der Waals surface area contributed by atoms with Crippen LogP contribution in [0.3, 0.4) is 0 Å². The molecule has 292 valence electrons. The minimum absolute atomic E-state index is 0.0613. The van der Waals surface area contributed by atoms with E-state index in [4.69, 9.17) is 10.5 Å². The van der Waals surface area contributed by atoms with Crippen LogP contribution in [0.4, 0.5) is 4.79 Å². The Morgan fingerprint density at radius 3 is 2.00 bits per heavy atom. The summed E-state index contributed by atoms with van der Waals surface area (Å²) in [4.78, 5) is 72.5. The number of hydrogen-bond donors (Lipinski definition) is 4. The number of likely N-dealkylation sites (tertiary alicyclic amines) is 1. The van der Waals surface area contributed by atoms with E-state index < -0.39 is 46.7 Å². The minimum atomic E-state index is -1.06. The Morgan fingerprint density at radius 2 is 1.50 bits per heavy atom. The van der Waals surface area contributed by atoms with Crippen molar-refractivity contribution in [3.05, 3.63) is 0 Å². The number of morpholine rings is 1. The summed E-state index contributed by atoms with van der Waals surface area (Å²) in [6, 6.07) is -3.12. The molecule has 6 aliphatic rings. The molecule has 12 nitrogen and oxygen atoms in total. The number of nitrogens with one attached hydrogen (secondary N) is 3. The van der Waals surface area contributed by atoms with Gasteiger partial charge in [0.05, 0.1) is 23.8 Å². The van der Waals surface area contributed by atoms with Gasteiger partial charge in [-0.15, -0.1) is 0 Å². The average molecular weight is 727 g/mol. The van der Waals surface area contributed by atoms with Crippen molar-refractivity contribution in [3.63, 3.8) is 0 Å². The van der Waals surface area contributed by atoms with Crippen LogP contribution in [0.5, 0.6) is 0 Å². The maximum absolute atomic E-state index is 14.9. The van der Waals surface area contributed by atoms with Crippen LogP contribution in [-0.2, 0) is 23.9 Å². The number of primary amides is 1. The van der Waals surface area contributed by atoms with Crippen LogP contribution in [0.15, 0.2) is 0 Å². The highest BCUT2D eigenvalue weighted by molar-refractivity contribution is 6.37. The summed E-state index contributed by atoms with van der Waals surface area (Å²) in [6.45, 7) is 17.3. The second-order valence-electron chi connectivity index (χ2n) is 19.3. The molecule has 0 aromatic rings. The highest BCUT2D eigenvalue weighted by Gasteiger charge is 2.85. The van der Waals surface area contributed by atoms with E-state index in [0.717, 1.165) is 90.3 Å². The van der Waals surface area contributed by atoms with Gasteiger partial charge in [0, 0.05) is 31.6 Å². The Labute approximate surface area is 310 Å². The number of amides is 5. The van der Waals surface area contributed by atoms with Gasteiger partial charge >= 0.3 is 6.03 Å². The molecule has 2 heterocycles. The fourth-order valence-corrected chi connectivity index (χ4v) is 11.4. The maximum Gasteiger partial charge on any atom is 0.315 e. The van der Waals surface area contributed by atoms with Gasteiger partial charge in [0.1, 0.15) is 12.1 Å². The molecule has 0 bridgehead atoms. The van der Waals surface area contributed by atoms with Crippen LogP contribution >= 0.6 is 0 Å². The lowest BCUT2D eigenvalue weighted by molar-refractivity contribution is -0.143. The van der Waals surface area contributed by atoms with Crippen LogP contribution in [0.2, 0.25) is 0 Å². The lowest BCUT2D eigenvalue weighted by Crippen LogP contribution is -2.64. The van der Waals surface area contributed by atoms with E-state index in [1.54, 1.807) is 4.90 Å². The molecule has 0 aromatic carbocycles. The number of nitrogens with two attached hydrogens (primary N) is 1. The SMILES string of the molecule is C[C@H]1CN(CC2(NC(=O)N[C@H](C(=O)N3C[C@]4(C[C@H]3C(=O)NC(CC3CCC3)C(=O)C(N)=O)C(C)(C)C43CCC3)C(C)(C)C)CCCCC2)C[C@H](C)O1. The van der Waals surface area contributed by atoms with E-state index in [2.05, 4.69) is 48.5 Å². The Morgan fingerprint density at radius 1 is 0.865 bits per heavy atom. The third kappa shape index (κ3) is 7.00. The first-order valence-electron chi connectivity index (χ1n) is 20.2. The number of nitrogens with zero attached hydrogens (tertiary/aromatic N) is 2. The molecule has 0 aromatic heterocycles. The molecule has 1 unspecified atom stereocenters. The zero-order valence-electron chi connectivity index (χ0n) is 32.9. The van der Waals surface area contributed by atoms with E-state index in [9.17, 15) is 24.0 Å². The Hall–Kier alpha value is -2.73. The highest BCUT2D eigenvalue weighted by atomic mass is 16.5. The van der Waals surface area contributed by atoms with E-state index in [1.807, 2.05) is 20.8 Å². The van der Waals surface area contributed by atoms with Crippen molar-refractivity contribution in [1.82, 2.24) is 25.8 Å². The number of ether oxygens (including phenoxy) is 1. The van der Waals surface area contributed by atoms with Gasteiger partial charge in [-0.1, -0.05) is 79.6 Å². The molecule has 0 radical (unpaired) electrons. The van der Waals surface area contributed by atoms with Gasteiger partial charge in [-0.05, 0) is 74.5 Å². The fraction of sp³-hybridized carbons (Fsp3) is 0.875. The van der Waals surface area contributed by atoms with Crippen LogP contribution in [0.1, 0.15) is 132 Å². The topological polar surface area (TPSA) is 163 Å². The number of ketones is 1. The maximum atomic E-state index is 14.9.